The first-order valence-electron chi connectivity index (χ1n) is 7.26. The molecule has 0 saturated heterocycles. The molecule has 1 aromatic carbocycles. The lowest BCUT2D eigenvalue weighted by molar-refractivity contribution is 0.417. The highest BCUT2D eigenvalue weighted by atomic mass is 15.0. The van der Waals surface area contributed by atoms with Crippen molar-refractivity contribution >= 4 is 10.9 Å². The number of para-hydroxylation sites is 1. The number of rotatable bonds is 6. The second-order valence-corrected chi connectivity index (χ2v) is 5.89. The maximum absolute atomic E-state index is 9.14. The Bertz CT molecular complexity index is 617. The molecule has 1 N–H and O–H groups in total. The van der Waals surface area contributed by atoms with E-state index in [4.69, 9.17) is 5.26 Å². The molecule has 0 amide bonds. The summed E-state index contributed by atoms with van der Waals surface area (Å²) in [6.07, 6.45) is 3.00. The van der Waals surface area contributed by atoms with Gasteiger partial charge in [-0.2, -0.15) is 5.26 Å². The minimum atomic E-state index is -0.271. The van der Waals surface area contributed by atoms with Crippen LogP contribution in [0.3, 0.4) is 0 Å². The molecule has 2 rings (SSSR count). The summed E-state index contributed by atoms with van der Waals surface area (Å²) in [7, 11) is 0. The standard InChI is InChI=1S/C17H23N3/c1-4-19-12-15-7-5-6-14-8-10-20(16(14)15)11-9-17(2,3)13-18/h5-8,10,19H,4,9,11-12H2,1-3H3. The minimum Gasteiger partial charge on any atom is -0.347 e. The molecule has 2 aromatic rings. The summed E-state index contributed by atoms with van der Waals surface area (Å²) in [5.74, 6) is 0. The van der Waals surface area contributed by atoms with Gasteiger partial charge in [0, 0.05) is 19.3 Å². The minimum absolute atomic E-state index is 0.271. The molecular formula is C17H23N3. The number of hydrogen-bond acceptors (Lipinski definition) is 2. The number of benzene rings is 1. The average molecular weight is 269 g/mol. The molecule has 106 valence electrons. The zero-order valence-electron chi connectivity index (χ0n) is 12.6. The predicted octanol–water partition coefficient (Wildman–Crippen LogP) is 3.69. The topological polar surface area (TPSA) is 40.8 Å². The van der Waals surface area contributed by atoms with Crippen molar-refractivity contribution in [1.29, 1.82) is 5.26 Å². The van der Waals surface area contributed by atoms with Crippen LogP contribution in [0.4, 0.5) is 0 Å². The number of nitriles is 1. The summed E-state index contributed by atoms with van der Waals surface area (Å²) in [5, 5.41) is 13.8. The van der Waals surface area contributed by atoms with Gasteiger partial charge in [-0.25, -0.2) is 0 Å². The van der Waals surface area contributed by atoms with Crippen LogP contribution in [0.5, 0.6) is 0 Å². The fourth-order valence-electron chi connectivity index (χ4n) is 2.39. The SMILES string of the molecule is CCNCc1cccc2ccn(CCC(C)(C)C#N)c12. The highest BCUT2D eigenvalue weighted by molar-refractivity contribution is 5.83. The van der Waals surface area contributed by atoms with Crippen molar-refractivity contribution in [3.05, 3.63) is 36.0 Å². The molecule has 1 heterocycles. The van der Waals surface area contributed by atoms with Gasteiger partial charge < -0.3 is 9.88 Å². The monoisotopic (exact) mass is 269 g/mol. The van der Waals surface area contributed by atoms with E-state index in [1.807, 2.05) is 13.8 Å². The highest BCUT2D eigenvalue weighted by Crippen LogP contribution is 2.24. The molecule has 0 spiro atoms. The molecule has 0 atom stereocenters. The van der Waals surface area contributed by atoms with E-state index in [0.29, 0.717) is 0 Å². The summed E-state index contributed by atoms with van der Waals surface area (Å²) in [5.41, 5.74) is 2.35. The van der Waals surface area contributed by atoms with E-state index >= 15 is 0 Å². The van der Waals surface area contributed by atoms with Gasteiger partial charge in [0.05, 0.1) is 17.0 Å². The molecule has 0 aliphatic carbocycles. The van der Waals surface area contributed by atoms with Gasteiger partial charge in [0.25, 0.3) is 0 Å². The highest BCUT2D eigenvalue weighted by Gasteiger charge is 2.17. The van der Waals surface area contributed by atoms with Crippen molar-refractivity contribution in [1.82, 2.24) is 9.88 Å². The molecule has 3 heteroatoms. The Kier molecular flexibility index (Phi) is 4.46. The Morgan fingerprint density at radius 1 is 1.30 bits per heavy atom. The second kappa shape index (κ2) is 6.11. The first-order valence-corrected chi connectivity index (χ1v) is 7.26. The number of hydrogen-bond donors (Lipinski definition) is 1. The molecule has 0 saturated carbocycles. The predicted molar refractivity (Wildman–Crippen MR) is 83.3 cm³/mol. The Morgan fingerprint density at radius 3 is 2.80 bits per heavy atom. The van der Waals surface area contributed by atoms with E-state index in [0.717, 1.165) is 26.1 Å². The molecule has 1 aromatic heterocycles. The van der Waals surface area contributed by atoms with E-state index in [1.165, 1.54) is 16.5 Å². The Morgan fingerprint density at radius 2 is 2.10 bits per heavy atom. The Labute approximate surface area is 121 Å². The molecule has 0 bridgehead atoms. The van der Waals surface area contributed by atoms with Gasteiger partial charge in [0.2, 0.25) is 0 Å². The van der Waals surface area contributed by atoms with Crippen molar-refractivity contribution in [2.75, 3.05) is 6.54 Å². The van der Waals surface area contributed by atoms with Gasteiger partial charge in [0.15, 0.2) is 0 Å². The van der Waals surface area contributed by atoms with E-state index < -0.39 is 0 Å². The summed E-state index contributed by atoms with van der Waals surface area (Å²) in [6.45, 7) is 8.86. The van der Waals surface area contributed by atoms with Crippen molar-refractivity contribution in [3.63, 3.8) is 0 Å². The van der Waals surface area contributed by atoms with Crippen molar-refractivity contribution in [3.8, 4) is 6.07 Å². The Balaban J connectivity index is 2.27. The summed E-state index contributed by atoms with van der Waals surface area (Å²) in [4.78, 5) is 0. The second-order valence-electron chi connectivity index (χ2n) is 5.89. The van der Waals surface area contributed by atoms with Crippen LogP contribution in [0, 0.1) is 16.7 Å². The van der Waals surface area contributed by atoms with E-state index in [2.05, 4.69) is 53.3 Å². The van der Waals surface area contributed by atoms with Gasteiger partial charge in [-0.1, -0.05) is 25.1 Å². The first kappa shape index (κ1) is 14.6. The maximum Gasteiger partial charge on any atom is 0.0684 e. The fourth-order valence-corrected chi connectivity index (χ4v) is 2.39. The van der Waals surface area contributed by atoms with Crippen LogP contribution in [0.2, 0.25) is 0 Å². The van der Waals surface area contributed by atoms with Crippen LogP contribution in [0.25, 0.3) is 10.9 Å². The van der Waals surface area contributed by atoms with Crippen LogP contribution in [-0.2, 0) is 13.1 Å². The van der Waals surface area contributed by atoms with Crippen LogP contribution >= 0.6 is 0 Å². The molecule has 0 unspecified atom stereocenters. The number of fused-ring (bicyclic) bond motifs is 1. The summed E-state index contributed by atoms with van der Waals surface area (Å²) < 4.78 is 2.28. The van der Waals surface area contributed by atoms with Crippen LogP contribution < -0.4 is 5.32 Å². The Hall–Kier alpha value is -1.79. The normalized spacial score (nSPS) is 11.7. The maximum atomic E-state index is 9.14. The number of nitrogens with zero attached hydrogens (tertiary/aromatic N) is 2. The number of aromatic nitrogens is 1. The van der Waals surface area contributed by atoms with Crippen LogP contribution in [-0.4, -0.2) is 11.1 Å². The van der Waals surface area contributed by atoms with E-state index in [-0.39, 0.29) is 5.41 Å². The molecule has 20 heavy (non-hydrogen) atoms. The zero-order chi connectivity index (χ0) is 14.6. The molecule has 0 radical (unpaired) electrons. The van der Waals surface area contributed by atoms with Crippen molar-refractivity contribution in [2.45, 2.75) is 40.3 Å². The molecular weight excluding hydrogens is 246 g/mol. The third kappa shape index (κ3) is 3.20. The van der Waals surface area contributed by atoms with Gasteiger partial charge in [-0.3, -0.25) is 0 Å². The zero-order valence-corrected chi connectivity index (χ0v) is 12.6. The number of nitrogens with one attached hydrogen (secondary N) is 1. The van der Waals surface area contributed by atoms with Crippen molar-refractivity contribution < 1.29 is 0 Å². The van der Waals surface area contributed by atoms with Gasteiger partial charge >= 0.3 is 0 Å². The smallest absolute Gasteiger partial charge is 0.0684 e. The van der Waals surface area contributed by atoms with Gasteiger partial charge in [0.1, 0.15) is 0 Å². The number of aryl methyl sites for hydroxylation is 1. The lowest BCUT2D eigenvalue weighted by atomic mass is 9.91. The average Bonchev–Trinajstić information content (AvgIpc) is 2.87. The largest absolute Gasteiger partial charge is 0.347 e. The van der Waals surface area contributed by atoms with Gasteiger partial charge in [-0.15, -0.1) is 0 Å². The molecule has 0 fully saturated rings. The lowest BCUT2D eigenvalue weighted by Crippen LogP contribution is -2.14. The van der Waals surface area contributed by atoms with Crippen LogP contribution in [0.1, 0.15) is 32.8 Å². The first-order chi connectivity index (χ1) is 9.57. The quantitative estimate of drug-likeness (QED) is 0.869. The third-order valence-corrected chi connectivity index (χ3v) is 3.72. The summed E-state index contributed by atoms with van der Waals surface area (Å²) in [6, 6.07) is 11.0. The summed E-state index contributed by atoms with van der Waals surface area (Å²) >= 11 is 0. The van der Waals surface area contributed by atoms with Crippen molar-refractivity contribution in [2.24, 2.45) is 5.41 Å². The van der Waals surface area contributed by atoms with E-state index in [1.54, 1.807) is 0 Å². The molecule has 3 nitrogen and oxygen atoms in total. The van der Waals surface area contributed by atoms with Gasteiger partial charge in [-0.05, 0) is 43.8 Å². The molecule has 0 aliphatic rings. The lowest BCUT2D eigenvalue weighted by Gasteiger charge is -2.17. The fraction of sp³-hybridized carbons (Fsp3) is 0.471. The van der Waals surface area contributed by atoms with Crippen LogP contribution in [0.15, 0.2) is 30.5 Å². The third-order valence-electron chi connectivity index (χ3n) is 3.72. The molecule has 0 aliphatic heterocycles. The van der Waals surface area contributed by atoms with E-state index in [9.17, 15) is 0 Å².